The van der Waals surface area contributed by atoms with Gasteiger partial charge in [0.15, 0.2) is 0 Å². The van der Waals surface area contributed by atoms with Gasteiger partial charge in [-0.3, -0.25) is 4.55 Å². The number of benzene rings is 1. The fourth-order valence-electron chi connectivity index (χ4n) is 1.32. The summed E-state index contributed by atoms with van der Waals surface area (Å²) in [5.74, 6) is 0. The van der Waals surface area contributed by atoms with Crippen LogP contribution < -0.4 is 0 Å². The second-order valence-electron chi connectivity index (χ2n) is 2.89. The normalized spacial score (nSPS) is 12.1. The molecule has 0 aliphatic carbocycles. The van der Waals surface area contributed by atoms with E-state index in [4.69, 9.17) is 4.55 Å². The van der Waals surface area contributed by atoms with E-state index in [1.807, 2.05) is 0 Å². The third-order valence-electron chi connectivity index (χ3n) is 1.91. The number of aromatic nitrogens is 1. The van der Waals surface area contributed by atoms with E-state index < -0.39 is 10.1 Å². The lowest BCUT2D eigenvalue weighted by atomic mass is 10.2. The molecule has 0 amide bonds. The summed E-state index contributed by atoms with van der Waals surface area (Å²) in [6, 6.07) is 3.36. The first-order valence-electron chi connectivity index (χ1n) is 3.80. The maximum atomic E-state index is 11.1. The molecule has 0 atom stereocenters. The molecule has 1 heterocycles. The van der Waals surface area contributed by atoms with Crippen LogP contribution in [0.5, 0.6) is 0 Å². The molecule has 0 bridgehead atoms. The Morgan fingerprint density at radius 2 is 2.14 bits per heavy atom. The Morgan fingerprint density at radius 3 is 2.79 bits per heavy atom. The quantitative estimate of drug-likeness (QED) is 0.758. The van der Waals surface area contributed by atoms with Crippen molar-refractivity contribution in [1.82, 2.24) is 4.98 Å². The fraction of sp³-hybridized carbons (Fsp3) is 0.125. The molecule has 1 aromatic heterocycles. The molecule has 0 spiro atoms. The summed E-state index contributed by atoms with van der Waals surface area (Å²) >= 11 is 1.20. The third-order valence-corrected chi connectivity index (χ3v) is 3.94. The van der Waals surface area contributed by atoms with E-state index in [1.165, 1.54) is 11.3 Å². The Hall–Kier alpha value is -0.980. The van der Waals surface area contributed by atoms with Crippen LogP contribution in [-0.2, 0) is 10.1 Å². The van der Waals surface area contributed by atoms with Gasteiger partial charge in [-0.1, -0.05) is 6.07 Å². The van der Waals surface area contributed by atoms with Gasteiger partial charge in [-0.2, -0.15) is 8.42 Å². The van der Waals surface area contributed by atoms with Gasteiger partial charge in [0, 0.05) is 0 Å². The van der Waals surface area contributed by atoms with Gasteiger partial charge in [-0.05, 0) is 18.6 Å². The molecular formula is C8H7NO3S2. The lowest BCUT2D eigenvalue weighted by molar-refractivity contribution is 0.484. The molecule has 0 saturated carbocycles. The van der Waals surface area contributed by atoms with Crippen LogP contribution in [0.4, 0.5) is 0 Å². The first-order valence-corrected chi connectivity index (χ1v) is 6.12. The van der Waals surface area contributed by atoms with Gasteiger partial charge in [0.2, 0.25) is 0 Å². The number of fused-ring (bicyclic) bond motifs is 1. The van der Waals surface area contributed by atoms with Gasteiger partial charge in [-0.25, -0.2) is 4.98 Å². The van der Waals surface area contributed by atoms with Crippen molar-refractivity contribution in [2.24, 2.45) is 0 Å². The summed E-state index contributed by atoms with van der Waals surface area (Å²) in [5, 5.41) is 0. The second kappa shape index (κ2) is 3.01. The van der Waals surface area contributed by atoms with Crippen molar-refractivity contribution in [2.75, 3.05) is 0 Å². The Labute approximate surface area is 85.0 Å². The van der Waals surface area contributed by atoms with E-state index in [-0.39, 0.29) is 4.90 Å². The Kier molecular flexibility index (Phi) is 2.06. The maximum Gasteiger partial charge on any atom is 0.296 e. The standard InChI is InChI=1S/C8H7NO3S2/c1-5-2-3-6-7(13-4-9-6)8(5)14(10,11)12/h2-4H,1H3,(H,10,11,12). The number of hydrogen-bond acceptors (Lipinski definition) is 4. The van der Waals surface area contributed by atoms with Crippen LogP contribution >= 0.6 is 11.3 Å². The highest BCUT2D eigenvalue weighted by Gasteiger charge is 2.18. The Bertz CT molecular complexity index is 586. The molecule has 14 heavy (non-hydrogen) atoms. The highest BCUT2D eigenvalue weighted by atomic mass is 32.2. The first kappa shape index (κ1) is 9.57. The van der Waals surface area contributed by atoms with Gasteiger partial charge in [0.05, 0.1) is 15.7 Å². The smallest absolute Gasteiger partial charge is 0.282 e. The molecule has 2 rings (SSSR count). The molecule has 6 heteroatoms. The lowest BCUT2D eigenvalue weighted by Crippen LogP contribution is -2.00. The molecular weight excluding hydrogens is 222 g/mol. The predicted molar refractivity (Wildman–Crippen MR) is 54.2 cm³/mol. The van der Waals surface area contributed by atoms with E-state index in [2.05, 4.69) is 4.98 Å². The molecule has 74 valence electrons. The summed E-state index contributed by atoms with van der Waals surface area (Å²) in [6.07, 6.45) is 0. The summed E-state index contributed by atoms with van der Waals surface area (Å²) in [7, 11) is -4.16. The zero-order valence-corrected chi connectivity index (χ0v) is 8.89. The van der Waals surface area contributed by atoms with Crippen molar-refractivity contribution in [3.8, 4) is 0 Å². The summed E-state index contributed by atoms with van der Waals surface area (Å²) in [4.78, 5) is 3.95. The third kappa shape index (κ3) is 1.41. The van der Waals surface area contributed by atoms with Gasteiger partial charge in [0.25, 0.3) is 10.1 Å². The van der Waals surface area contributed by atoms with Crippen molar-refractivity contribution in [3.63, 3.8) is 0 Å². The van der Waals surface area contributed by atoms with Crippen molar-refractivity contribution in [3.05, 3.63) is 23.2 Å². The van der Waals surface area contributed by atoms with Crippen LogP contribution in [0.1, 0.15) is 5.56 Å². The van der Waals surface area contributed by atoms with Gasteiger partial charge < -0.3 is 0 Å². The minimum Gasteiger partial charge on any atom is -0.282 e. The summed E-state index contributed by atoms with van der Waals surface area (Å²) in [6.45, 7) is 1.64. The predicted octanol–water partition coefficient (Wildman–Crippen LogP) is 1.85. The summed E-state index contributed by atoms with van der Waals surface area (Å²) in [5.41, 5.74) is 2.68. The van der Waals surface area contributed by atoms with Crippen LogP contribution in [0.2, 0.25) is 0 Å². The molecule has 1 aromatic carbocycles. The number of hydrogen-bond donors (Lipinski definition) is 1. The van der Waals surface area contributed by atoms with Crippen molar-refractivity contribution >= 4 is 31.7 Å². The largest absolute Gasteiger partial charge is 0.296 e. The second-order valence-corrected chi connectivity index (χ2v) is 5.10. The molecule has 1 N–H and O–H groups in total. The Morgan fingerprint density at radius 1 is 1.43 bits per heavy atom. The van der Waals surface area contributed by atoms with Crippen LogP contribution in [0.25, 0.3) is 10.2 Å². The topological polar surface area (TPSA) is 67.3 Å². The van der Waals surface area contributed by atoms with E-state index in [0.29, 0.717) is 15.8 Å². The lowest BCUT2D eigenvalue weighted by Gasteiger charge is -2.02. The number of thiazole rings is 1. The van der Waals surface area contributed by atoms with Crippen molar-refractivity contribution < 1.29 is 13.0 Å². The molecule has 4 nitrogen and oxygen atoms in total. The van der Waals surface area contributed by atoms with E-state index in [1.54, 1.807) is 24.6 Å². The van der Waals surface area contributed by atoms with Crippen LogP contribution in [0.3, 0.4) is 0 Å². The average Bonchev–Trinajstić information content (AvgIpc) is 2.48. The maximum absolute atomic E-state index is 11.1. The fourth-order valence-corrected chi connectivity index (χ4v) is 3.38. The van der Waals surface area contributed by atoms with Crippen LogP contribution in [0, 0.1) is 6.92 Å². The minimum absolute atomic E-state index is 0.0301. The molecule has 0 fully saturated rings. The number of nitrogens with zero attached hydrogens (tertiary/aromatic N) is 1. The molecule has 0 aliphatic rings. The Balaban J connectivity index is 2.98. The molecule has 2 aromatic rings. The molecule has 0 aliphatic heterocycles. The monoisotopic (exact) mass is 229 g/mol. The van der Waals surface area contributed by atoms with Crippen molar-refractivity contribution in [2.45, 2.75) is 11.8 Å². The zero-order chi connectivity index (χ0) is 10.3. The highest BCUT2D eigenvalue weighted by molar-refractivity contribution is 7.86. The van der Waals surface area contributed by atoms with Gasteiger partial charge in [-0.15, -0.1) is 11.3 Å². The van der Waals surface area contributed by atoms with Crippen LogP contribution in [0.15, 0.2) is 22.5 Å². The SMILES string of the molecule is Cc1ccc2ncsc2c1S(=O)(=O)O. The van der Waals surface area contributed by atoms with E-state index >= 15 is 0 Å². The molecule has 0 saturated heterocycles. The van der Waals surface area contributed by atoms with Crippen LogP contribution in [-0.4, -0.2) is 18.0 Å². The van der Waals surface area contributed by atoms with Gasteiger partial charge in [0.1, 0.15) is 4.90 Å². The number of rotatable bonds is 1. The first-order chi connectivity index (χ1) is 6.50. The molecule has 0 unspecified atom stereocenters. The minimum atomic E-state index is -4.16. The summed E-state index contributed by atoms with van der Waals surface area (Å²) < 4.78 is 31.7. The van der Waals surface area contributed by atoms with E-state index in [9.17, 15) is 8.42 Å². The number of aryl methyl sites for hydroxylation is 1. The van der Waals surface area contributed by atoms with E-state index in [0.717, 1.165) is 0 Å². The van der Waals surface area contributed by atoms with Gasteiger partial charge >= 0.3 is 0 Å². The van der Waals surface area contributed by atoms with Crippen molar-refractivity contribution in [1.29, 1.82) is 0 Å². The molecule has 0 radical (unpaired) electrons. The average molecular weight is 229 g/mol. The zero-order valence-electron chi connectivity index (χ0n) is 7.26. The highest BCUT2D eigenvalue weighted by Crippen LogP contribution is 2.28.